The van der Waals surface area contributed by atoms with Gasteiger partial charge in [0.15, 0.2) is 0 Å². The first-order chi connectivity index (χ1) is 8.83. The second-order valence-corrected chi connectivity index (χ2v) is 4.33. The number of nitrogens with one attached hydrogen (secondary N) is 2. The molecule has 0 saturated carbocycles. The van der Waals surface area contributed by atoms with Crippen molar-refractivity contribution in [1.29, 1.82) is 0 Å². The summed E-state index contributed by atoms with van der Waals surface area (Å²) < 4.78 is 4.94. The van der Waals surface area contributed by atoms with Crippen LogP contribution in [-0.2, 0) is 17.6 Å². The van der Waals surface area contributed by atoms with E-state index < -0.39 is 0 Å². The number of hydrazine groups is 1. The fourth-order valence-corrected chi connectivity index (χ4v) is 2.16. The van der Waals surface area contributed by atoms with Crippen molar-refractivity contribution in [1.82, 2.24) is 5.43 Å². The Hall–Kier alpha value is -1.59. The lowest BCUT2D eigenvalue weighted by molar-refractivity contribution is 0.208. The first-order valence-corrected chi connectivity index (χ1v) is 6.22. The molecule has 0 spiro atoms. The van der Waals surface area contributed by atoms with Gasteiger partial charge in [0.05, 0.1) is 13.2 Å². The lowest BCUT2D eigenvalue weighted by Gasteiger charge is -2.10. The van der Waals surface area contributed by atoms with Crippen LogP contribution in [0.15, 0.2) is 23.2 Å². The Labute approximate surface area is 107 Å². The van der Waals surface area contributed by atoms with Crippen LogP contribution in [-0.4, -0.2) is 26.2 Å². The molecule has 18 heavy (non-hydrogen) atoms. The molecule has 0 amide bonds. The number of anilines is 1. The van der Waals surface area contributed by atoms with Crippen molar-refractivity contribution in [2.24, 2.45) is 10.8 Å². The van der Waals surface area contributed by atoms with Crippen LogP contribution in [0.2, 0.25) is 0 Å². The van der Waals surface area contributed by atoms with Gasteiger partial charge in [-0.25, -0.2) is 10.8 Å². The maximum Gasteiger partial charge on any atom is 0.210 e. The smallest absolute Gasteiger partial charge is 0.210 e. The summed E-state index contributed by atoms with van der Waals surface area (Å²) in [7, 11) is 1.65. The zero-order valence-corrected chi connectivity index (χ0v) is 10.7. The van der Waals surface area contributed by atoms with Crippen LogP contribution in [0.3, 0.4) is 0 Å². The number of benzene rings is 1. The first kappa shape index (κ1) is 12.9. The summed E-state index contributed by atoms with van der Waals surface area (Å²) in [6.45, 7) is 1.16. The topological polar surface area (TPSA) is 71.7 Å². The van der Waals surface area contributed by atoms with Gasteiger partial charge in [-0.1, -0.05) is 6.07 Å². The molecule has 4 N–H and O–H groups in total. The predicted octanol–water partition coefficient (Wildman–Crippen LogP) is 1.05. The molecule has 5 heteroatoms. The number of ether oxygens (including phenoxy) is 1. The molecule has 0 aromatic heterocycles. The zero-order chi connectivity index (χ0) is 12.8. The monoisotopic (exact) mass is 248 g/mol. The van der Waals surface area contributed by atoms with Crippen LogP contribution in [0.25, 0.3) is 0 Å². The normalized spacial score (nSPS) is 14.4. The van der Waals surface area contributed by atoms with Crippen LogP contribution >= 0.6 is 0 Å². The summed E-state index contributed by atoms with van der Waals surface area (Å²) in [6, 6.07) is 6.41. The van der Waals surface area contributed by atoms with Gasteiger partial charge in [0.25, 0.3) is 0 Å². The maximum absolute atomic E-state index is 5.43. The van der Waals surface area contributed by atoms with Gasteiger partial charge in [-0.2, -0.15) is 0 Å². The SMILES string of the molecule is COCCN=C(NN)Nc1ccc2c(c1)CCC2. The van der Waals surface area contributed by atoms with E-state index in [1.54, 1.807) is 7.11 Å². The lowest BCUT2D eigenvalue weighted by atomic mass is 10.1. The van der Waals surface area contributed by atoms with E-state index in [9.17, 15) is 0 Å². The number of aryl methyl sites for hydroxylation is 2. The van der Waals surface area contributed by atoms with Gasteiger partial charge in [-0.15, -0.1) is 0 Å². The summed E-state index contributed by atoms with van der Waals surface area (Å²) in [5.41, 5.74) is 6.46. The van der Waals surface area contributed by atoms with Crippen LogP contribution in [0.5, 0.6) is 0 Å². The maximum atomic E-state index is 5.43. The number of methoxy groups -OCH3 is 1. The largest absolute Gasteiger partial charge is 0.383 e. The second kappa shape index (κ2) is 6.37. The number of nitrogens with zero attached hydrogens (tertiary/aromatic N) is 1. The Kier molecular flexibility index (Phi) is 4.55. The standard InChI is InChI=1S/C13H20N4O/c1-18-8-7-15-13(17-14)16-12-6-5-10-3-2-4-11(10)9-12/h5-6,9H,2-4,7-8,14H2,1H3,(H2,15,16,17). The van der Waals surface area contributed by atoms with E-state index in [0.29, 0.717) is 19.1 Å². The molecule has 0 aliphatic heterocycles. The van der Waals surface area contributed by atoms with Crippen LogP contribution < -0.4 is 16.6 Å². The Morgan fingerprint density at radius 2 is 2.22 bits per heavy atom. The average Bonchev–Trinajstić information content (AvgIpc) is 2.85. The molecule has 1 aliphatic rings. The average molecular weight is 248 g/mol. The van der Waals surface area contributed by atoms with E-state index in [-0.39, 0.29) is 0 Å². The molecule has 5 nitrogen and oxygen atoms in total. The van der Waals surface area contributed by atoms with Gasteiger partial charge in [0, 0.05) is 12.8 Å². The van der Waals surface area contributed by atoms with Gasteiger partial charge >= 0.3 is 0 Å². The van der Waals surface area contributed by atoms with Crippen molar-refractivity contribution in [2.75, 3.05) is 25.6 Å². The summed E-state index contributed by atoms with van der Waals surface area (Å²) in [5, 5.41) is 3.18. The van der Waals surface area contributed by atoms with Crippen LogP contribution in [0, 0.1) is 0 Å². The van der Waals surface area contributed by atoms with Gasteiger partial charge in [0.1, 0.15) is 0 Å². The molecule has 1 aromatic rings. The fraction of sp³-hybridized carbons (Fsp3) is 0.462. The van der Waals surface area contributed by atoms with Crippen LogP contribution in [0.1, 0.15) is 17.5 Å². The molecule has 0 saturated heterocycles. The van der Waals surface area contributed by atoms with Gasteiger partial charge in [-0.3, -0.25) is 5.43 Å². The lowest BCUT2D eigenvalue weighted by Crippen LogP contribution is -2.36. The van der Waals surface area contributed by atoms with Crippen molar-refractivity contribution in [3.63, 3.8) is 0 Å². The first-order valence-electron chi connectivity index (χ1n) is 6.22. The van der Waals surface area contributed by atoms with E-state index in [0.717, 1.165) is 12.1 Å². The van der Waals surface area contributed by atoms with Crippen molar-refractivity contribution >= 4 is 11.6 Å². The minimum atomic E-state index is 0.560. The highest BCUT2D eigenvalue weighted by Gasteiger charge is 2.11. The minimum absolute atomic E-state index is 0.560. The van der Waals surface area contributed by atoms with E-state index in [4.69, 9.17) is 10.6 Å². The highest BCUT2D eigenvalue weighted by Crippen LogP contribution is 2.24. The molecule has 1 aromatic carbocycles. The summed E-state index contributed by atoms with van der Waals surface area (Å²) in [5.74, 6) is 5.99. The third-order valence-corrected chi connectivity index (χ3v) is 3.06. The van der Waals surface area contributed by atoms with E-state index in [1.807, 2.05) is 0 Å². The number of fused-ring (bicyclic) bond motifs is 1. The number of rotatable bonds is 4. The van der Waals surface area contributed by atoms with Gasteiger partial charge < -0.3 is 10.1 Å². The van der Waals surface area contributed by atoms with Crippen molar-refractivity contribution in [2.45, 2.75) is 19.3 Å². The Balaban J connectivity index is 2.01. The molecule has 2 rings (SSSR count). The molecule has 0 fully saturated rings. The predicted molar refractivity (Wildman–Crippen MR) is 73.6 cm³/mol. The van der Waals surface area contributed by atoms with E-state index >= 15 is 0 Å². The zero-order valence-electron chi connectivity index (χ0n) is 10.7. The molecule has 0 atom stereocenters. The van der Waals surface area contributed by atoms with Gasteiger partial charge in [-0.05, 0) is 42.5 Å². The fourth-order valence-electron chi connectivity index (χ4n) is 2.16. The molecule has 0 heterocycles. The Morgan fingerprint density at radius 1 is 1.39 bits per heavy atom. The third kappa shape index (κ3) is 3.21. The minimum Gasteiger partial charge on any atom is -0.383 e. The molecule has 0 radical (unpaired) electrons. The molecular weight excluding hydrogens is 228 g/mol. The second-order valence-electron chi connectivity index (χ2n) is 4.33. The van der Waals surface area contributed by atoms with Crippen LogP contribution in [0.4, 0.5) is 5.69 Å². The van der Waals surface area contributed by atoms with E-state index in [2.05, 4.69) is 33.9 Å². The van der Waals surface area contributed by atoms with Gasteiger partial charge in [0.2, 0.25) is 5.96 Å². The number of nitrogens with two attached hydrogens (primary N) is 1. The molecule has 98 valence electrons. The molecular formula is C13H20N4O. The summed E-state index contributed by atoms with van der Waals surface area (Å²) in [6.07, 6.45) is 3.61. The number of hydrogen-bond acceptors (Lipinski definition) is 3. The third-order valence-electron chi connectivity index (χ3n) is 3.06. The molecule has 1 aliphatic carbocycles. The quantitative estimate of drug-likeness (QED) is 0.245. The number of hydrogen-bond donors (Lipinski definition) is 3. The summed E-state index contributed by atoms with van der Waals surface area (Å²) in [4.78, 5) is 4.27. The Morgan fingerprint density at radius 3 is 3.00 bits per heavy atom. The Bertz CT molecular complexity index is 431. The highest BCUT2D eigenvalue weighted by atomic mass is 16.5. The van der Waals surface area contributed by atoms with Crippen molar-refractivity contribution < 1.29 is 4.74 Å². The number of aliphatic imine (C=N–C) groups is 1. The van der Waals surface area contributed by atoms with Crippen molar-refractivity contribution in [3.8, 4) is 0 Å². The summed E-state index contributed by atoms with van der Waals surface area (Å²) >= 11 is 0. The molecule has 0 bridgehead atoms. The highest BCUT2D eigenvalue weighted by molar-refractivity contribution is 5.93. The molecule has 0 unspecified atom stereocenters. The van der Waals surface area contributed by atoms with E-state index in [1.165, 1.54) is 24.0 Å². The van der Waals surface area contributed by atoms with Crippen molar-refractivity contribution in [3.05, 3.63) is 29.3 Å². The number of guanidine groups is 1.